The number of alkyl halides is 3. The Morgan fingerprint density at radius 2 is 1.84 bits per heavy atom. The molecular weight excluding hydrogens is 439 g/mol. The molecule has 0 aliphatic heterocycles. The number of hydrogen-bond acceptors (Lipinski definition) is 2. The first-order chi connectivity index (χ1) is 15.2. The number of rotatable bonds is 5. The van der Waals surface area contributed by atoms with Crippen LogP contribution in [0, 0.1) is 12.8 Å². The molecule has 1 fully saturated rings. The Morgan fingerprint density at radius 3 is 2.56 bits per heavy atom. The normalized spacial score (nSPS) is 19.2. The highest BCUT2D eigenvalue weighted by Gasteiger charge is 2.32. The molecule has 0 spiro atoms. The summed E-state index contributed by atoms with van der Waals surface area (Å²) in [6.07, 6.45) is -1.09. The minimum atomic E-state index is -4.52. The minimum Gasteiger partial charge on any atom is -0.385 e. The number of halogens is 4. The van der Waals surface area contributed by atoms with Crippen LogP contribution >= 0.6 is 11.6 Å². The van der Waals surface area contributed by atoms with E-state index >= 15 is 0 Å². The van der Waals surface area contributed by atoms with E-state index in [1.807, 2.05) is 6.92 Å². The molecule has 1 aromatic heterocycles. The highest BCUT2D eigenvalue weighted by atomic mass is 35.5. The van der Waals surface area contributed by atoms with Crippen LogP contribution in [0.5, 0.6) is 0 Å². The molecule has 1 heterocycles. The van der Waals surface area contributed by atoms with Crippen LogP contribution < -0.4 is 10.6 Å². The van der Waals surface area contributed by atoms with Gasteiger partial charge in [0.1, 0.15) is 0 Å². The van der Waals surface area contributed by atoms with Crippen LogP contribution in [0.3, 0.4) is 0 Å². The zero-order valence-corrected chi connectivity index (χ0v) is 18.4. The molecule has 0 saturated heterocycles. The van der Waals surface area contributed by atoms with Crippen molar-refractivity contribution in [2.24, 2.45) is 5.92 Å². The van der Waals surface area contributed by atoms with Crippen LogP contribution in [0.25, 0.3) is 10.9 Å². The van der Waals surface area contributed by atoms with Gasteiger partial charge in [-0.15, -0.1) is 0 Å². The van der Waals surface area contributed by atoms with Gasteiger partial charge in [0, 0.05) is 34.9 Å². The average molecular weight is 464 g/mol. The topological polar surface area (TPSA) is 56.9 Å². The number of aromatic nitrogens is 1. The lowest BCUT2D eigenvalue weighted by atomic mass is 9.86. The van der Waals surface area contributed by atoms with Crippen LogP contribution in [-0.4, -0.2) is 23.5 Å². The Balaban J connectivity index is 1.28. The van der Waals surface area contributed by atoms with Crippen molar-refractivity contribution in [3.8, 4) is 0 Å². The summed E-state index contributed by atoms with van der Waals surface area (Å²) < 4.78 is 38.9. The van der Waals surface area contributed by atoms with Crippen molar-refractivity contribution >= 4 is 34.1 Å². The van der Waals surface area contributed by atoms with Crippen LogP contribution in [0.4, 0.5) is 18.9 Å². The average Bonchev–Trinajstić information content (AvgIpc) is 3.12. The van der Waals surface area contributed by atoms with Crippen molar-refractivity contribution in [1.82, 2.24) is 10.3 Å². The van der Waals surface area contributed by atoms with Gasteiger partial charge < -0.3 is 15.6 Å². The second kappa shape index (κ2) is 9.06. The standard InChI is InChI=1S/C24H25ClF3N3O/c1-14-10-16-11-19(7-9-22(16)30-14)29-13-15-2-5-18(6-3-15)31-23(32)20-12-17(24(26,27)28)4-8-21(20)25/h4,7-12,15,18,29-30H,2-3,5-6,13H2,1H3,(H,31,32). The summed E-state index contributed by atoms with van der Waals surface area (Å²) in [5, 5.41) is 7.55. The number of amides is 1. The van der Waals surface area contributed by atoms with Gasteiger partial charge in [-0.1, -0.05) is 11.6 Å². The highest BCUT2D eigenvalue weighted by Crippen LogP contribution is 2.32. The molecule has 1 aliphatic rings. The number of carbonyl (C=O) groups excluding carboxylic acids is 1. The number of anilines is 1. The first-order valence-electron chi connectivity index (χ1n) is 10.7. The maximum absolute atomic E-state index is 13.0. The maximum Gasteiger partial charge on any atom is 0.416 e. The number of hydrogen-bond donors (Lipinski definition) is 3. The fraction of sp³-hybridized carbons (Fsp3) is 0.375. The molecule has 1 saturated carbocycles. The summed E-state index contributed by atoms with van der Waals surface area (Å²) in [5.74, 6) is -0.0817. The predicted octanol–water partition coefficient (Wildman–Crippen LogP) is 6.55. The zero-order chi connectivity index (χ0) is 22.9. The van der Waals surface area contributed by atoms with E-state index in [4.69, 9.17) is 11.6 Å². The Morgan fingerprint density at radius 1 is 1.09 bits per heavy atom. The second-order valence-electron chi connectivity index (χ2n) is 8.52. The Kier molecular flexibility index (Phi) is 6.38. The molecule has 0 bridgehead atoms. The summed E-state index contributed by atoms with van der Waals surface area (Å²) in [4.78, 5) is 15.8. The fourth-order valence-corrected chi connectivity index (χ4v) is 4.50. The highest BCUT2D eigenvalue weighted by molar-refractivity contribution is 6.33. The van der Waals surface area contributed by atoms with E-state index in [0.29, 0.717) is 5.92 Å². The zero-order valence-electron chi connectivity index (χ0n) is 17.7. The molecule has 0 radical (unpaired) electrons. The van der Waals surface area contributed by atoms with E-state index < -0.39 is 17.6 Å². The molecule has 1 aliphatic carbocycles. The number of aromatic amines is 1. The molecule has 32 heavy (non-hydrogen) atoms. The van der Waals surface area contributed by atoms with Gasteiger partial charge in [-0.25, -0.2) is 0 Å². The largest absolute Gasteiger partial charge is 0.416 e. The van der Waals surface area contributed by atoms with Crippen LogP contribution in [0.15, 0.2) is 42.5 Å². The molecule has 1 amide bonds. The Hall–Kier alpha value is -2.67. The van der Waals surface area contributed by atoms with Gasteiger partial charge >= 0.3 is 6.18 Å². The van der Waals surface area contributed by atoms with Crippen molar-refractivity contribution in [1.29, 1.82) is 0 Å². The molecule has 0 atom stereocenters. The monoisotopic (exact) mass is 463 g/mol. The lowest BCUT2D eigenvalue weighted by Crippen LogP contribution is -2.38. The van der Waals surface area contributed by atoms with Gasteiger partial charge in [0.25, 0.3) is 5.91 Å². The van der Waals surface area contributed by atoms with Crippen LogP contribution in [0.2, 0.25) is 5.02 Å². The minimum absolute atomic E-state index is 0.0166. The third-order valence-corrected chi connectivity index (χ3v) is 6.40. The summed E-state index contributed by atoms with van der Waals surface area (Å²) in [7, 11) is 0. The summed E-state index contributed by atoms with van der Waals surface area (Å²) >= 11 is 5.98. The maximum atomic E-state index is 13.0. The van der Waals surface area contributed by atoms with E-state index in [0.717, 1.165) is 67.3 Å². The number of fused-ring (bicyclic) bond motifs is 1. The van der Waals surface area contributed by atoms with Gasteiger partial charge in [0.05, 0.1) is 16.1 Å². The van der Waals surface area contributed by atoms with Crippen molar-refractivity contribution in [2.75, 3.05) is 11.9 Å². The van der Waals surface area contributed by atoms with Crippen molar-refractivity contribution in [2.45, 2.75) is 44.8 Å². The quantitative estimate of drug-likeness (QED) is 0.402. The van der Waals surface area contributed by atoms with Crippen LogP contribution in [-0.2, 0) is 6.18 Å². The van der Waals surface area contributed by atoms with Crippen molar-refractivity contribution in [3.05, 3.63) is 64.3 Å². The predicted molar refractivity (Wildman–Crippen MR) is 121 cm³/mol. The van der Waals surface area contributed by atoms with Gasteiger partial charge in [-0.3, -0.25) is 4.79 Å². The molecular formula is C24H25ClF3N3O. The van der Waals surface area contributed by atoms with Gasteiger partial charge in [0.2, 0.25) is 0 Å². The van der Waals surface area contributed by atoms with E-state index in [1.165, 1.54) is 5.39 Å². The lowest BCUT2D eigenvalue weighted by Gasteiger charge is -2.29. The van der Waals surface area contributed by atoms with E-state index in [2.05, 4.69) is 39.9 Å². The SMILES string of the molecule is Cc1cc2cc(NCC3CCC(NC(=O)c4cc(C(F)(F)F)ccc4Cl)CC3)ccc2[nH]1. The summed E-state index contributed by atoms with van der Waals surface area (Å²) in [6.45, 7) is 2.88. The Bertz CT molecular complexity index is 1120. The van der Waals surface area contributed by atoms with Crippen molar-refractivity contribution in [3.63, 3.8) is 0 Å². The number of nitrogens with one attached hydrogen (secondary N) is 3. The summed E-state index contributed by atoms with van der Waals surface area (Å²) in [5.41, 5.74) is 2.30. The van der Waals surface area contributed by atoms with Crippen molar-refractivity contribution < 1.29 is 18.0 Å². The van der Waals surface area contributed by atoms with Crippen LogP contribution in [0.1, 0.15) is 47.3 Å². The van der Waals surface area contributed by atoms with E-state index in [1.54, 1.807) is 0 Å². The summed E-state index contributed by atoms with van der Waals surface area (Å²) in [6, 6.07) is 11.1. The number of carbonyl (C=O) groups is 1. The van der Waals surface area contributed by atoms with E-state index in [9.17, 15) is 18.0 Å². The molecule has 4 rings (SSSR count). The van der Waals surface area contributed by atoms with Gasteiger partial charge in [-0.05, 0) is 81.0 Å². The first kappa shape index (κ1) is 22.5. The molecule has 0 unspecified atom stereocenters. The molecule has 3 N–H and O–H groups in total. The molecule has 170 valence electrons. The number of benzene rings is 2. The second-order valence-corrected chi connectivity index (χ2v) is 8.93. The lowest BCUT2D eigenvalue weighted by molar-refractivity contribution is -0.137. The van der Waals surface area contributed by atoms with E-state index in [-0.39, 0.29) is 16.6 Å². The Labute approximate surface area is 189 Å². The van der Waals surface area contributed by atoms with Gasteiger partial charge in [0.15, 0.2) is 0 Å². The molecule has 3 aromatic rings. The molecule has 2 aromatic carbocycles. The number of H-pyrrole nitrogens is 1. The third kappa shape index (κ3) is 5.21. The number of aryl methyl sites for hydroxylation is 1. The smallest absolute Gasteiger partial charge is 0.385 e. The first-order valence-corrected chi connectivity index (χ1v) is 11.1. The fourth-order valence-electron chi connectivity index (χ4n) is 4.30. The molecule has 8 heteroatoms. The van der Waals surface area contributed by atoms with Gasteiger partial charge in [-0.2, -0.15) is 13.2 Å². The third-order valence-electron chi connectivity index (χ3n) is 6.07. The molecule has 4 nitrogen and oxygen atoms in total.